The lowest BCUT2D eigenvalue weighted by Crippen LogP contribution is -2.32. The lowest BCUT2D eigenvalue weighted by atomic mass is 10.2. The molecule has 6 nitrogen and oxygen atoms in total. The number of anilines is 1. The van der Waals surface area contributed by atoms with Crippen molar-refractivity contribution in [1.82, 2.24) is 15.2 Å². The third-order valence-corrected chi connectivity index (χ3v) is 2.23. The van der Waals surface area contributed by atoms with Crippen molar-refractivity contribution in [3.63, 3.8) is 0 Å². The summed E-state index contributed by atoms with van der Waals surface area (Å²) in [5.74, 6) is 0.0246. The van der Waals surface area contributed by atoms with E-state index >= 15 is 0 Å². The minimum atomic E-state index is -0.413. The lowest BCUT2D eigenvalue weighted by Gasteiger charge is -2.15. The molecular weight excluding hydrogens is 206 g/mol. The molecule has 88 valence electrons. The highest BCUT2D eigenvalue weighted by Gasteiger charge is 2.11. The van der Waals surface area contributed by atoms with Crippen LogP contribution >= 0.6 is 0 Å². The van der Waals surface area contributed by atoms with Crippen LogP contribution < -0.4 is 10.6 Å². The van der Waals surface area contributed by atoms with Crippen molar-refractivity contribution >= 4 is 11.9 Å². The first-order valence-corrected chi connectivity index (χ1v) is 5.30. The van der Waals surface area contributed by atoms with E-state index in [4.69, 9.17) is 5.73 Å². The number of amides is 1. The second-order valence-corrected chi connectivity index (χ2v) is 3.53. The van der Waals surface area contributed by atoms with Crippen molar-refractivity contribution in [2.45, 2.75) is 26.7 Å². The van der Waals surface area contributed by atoms with Gasteiger partial charge in [-0.05, 0) is 12.8 Å². The van der Waals surface area contributed by atoms with Crippen molar-refractivity contribution in [2.75, 3.05) is 18.5 Å². The second kappa shape index (κ2) is 5.39. The Bertz CT molecular complexity index is 379. The average Bonchev–Trinajstić information content (AvgIpc) is 2.27. The van der Waals surface area contributed by atoms with Gasteiger partial charge in [-0.1, -0.05) is 13.8 Å². The number of carbonyl (C=O) groups is 1. The summed E-state index contributed by atoms with van der Waals surface area (Å²) in [6.07, 6.45) is 1.61. The van der Waals surface area contributed by atoms with Gasteiger partial charge in [0.1, 0.15) is 0 Å². The molecule has 0 atom stereocenters. The molecule has 2 N–H and O–H groups in total. The van der Waals surface area contributed by atoms with Crippen LogP contribution in [0.3, 0.4) is 0 Å². The highest BCUT2D eigenvalue weighted by molar-refractivity contribution is 5.78. The number of aromatic nitrogens is 3. The number of rotatable bonds is 5. The molecule has 6 heteroatoms. The molecule has 0 aromatic carbocycles. The molecule has 0 aliphatic carbocycles. The van der Waals surface area contributed by atoms with Gasteiger partial charge in [0.05, 0.1) is 17.9 Å². The Morgan fingerprint density at radius 3 is 2.38 bits per heavy atom. The molecule has 0 radical (unpaired) electrons. The largest absolute Gasteiger partial charge is 0.368 e. The topological polar surface area (TPSA) is 85.0 Å². The molecule has 1 aromatic rings. The normalized spacial score (nSPS) is 10.2. The highest BCUT2D eigenvalue weighted by Crippen LogP contribution is 2.09. The molecule has 0 saturated heterocycles. The molecule has 0 aliphatic rings. The molecule has 0 spiro atoms. The van der Waals surface area contributed by atoms with Crippen molar-refractivity contribution in [2.24, 2.45) is 5.73 Å². The molecule has 0 aliphatic heterocycles. The maximum atomic E-state index is 10.8. The molecule has 0 bridgehead atoms. The van der Waals surface area contributed by atoms with E-state index in [-0.39, 0.29) is 6.54 Å². The fourth-order valence-electron chi connectivity index (χ4n) is 1.39. The average molecular weight is 223 g/mol. The van der Waals surface area contributed by atoms with Gasteiger partial charge in [-0.2, -0.15) is 5.10 Å². The van der Waals surface area contributed by atoms with Gasteiger partial charge in [-0.15, -0.1) is 5.10 Å². The third-order valence-electron chi connectivity index (χ3n) is 2.23. The number of hydrogen-bond acceptors (Lipinski definition) is 5. The van der Waals surface area contributed by atoms with Crippen LogP contribution in [0.1, 0.15) is 25.2 Å². The smallest absolute Gasteiger partial charge is 0.245 e. The number of nitrogens with two attached hydrogens (primary N) is 1. The quantitative estimate of drug-likeness (QED) is 0.754. The zero-order valence-corrected chi connectivity index (χ0v) is 9.90. The van der Waals surface area contributed by atoms with E-state index in [9.17, 15) is 4.79 Å². The Kier molecular flexibility index (Phi) is 4.16. The standard InChI is InChI=1S/C10H17N5O/c1-4-7-8(5-2)13-14-10(12-7)15(3)6-9(11)16/h4-6H2,1-3H3,(H2,11,16). The van der Waals surface area contributed by atoms with Crippen LogP contribution in [0.4, 0.5) is 5.95 Å². The van der Waals surface area contributed by atoms with Gasteiger partial charge in [0.2, 0.25) is 11.9 Å². The van der Waals surface area contributed by atoms with E-state index in [2.05, 4.69) is 15.2 Å². The van der Waals surface area contributed by atoms with Crippen molar-refractivity contribution in [1.29, 1.82) is 0 Å². The first-order chi connectivity index (χ1) is 7.58. The summed E-state index contributed by atoms with van der Waals surface area (Å²) in [5, 5.41) is 8.06. The van der Waals surface area contributed by atoms with Crippen LogP contribution in [0.25, 0.3) is 0 Å². The third kappa shape index (κ3) is 2.88. The maximum absolute atomic E-state index is 10.8. The monoisotopic (exact) mass is 223 g/mol. The fraction of sp³-hybridized carbons (Fsp3) is 0.600. The Hall–Kier alpha value is -1.72. The predicted molar refractivity (Wildman–Crippen MR) is 61.0 cm³/mol. The number of primary amides is 1. The van der Waals surface area contributed by atoms with Crippen LogP contribution in [-0.2, 0) is 17.6 Å². The van der Waals surface area contributed by atoms with Crippen molar-refractivity contribution < 1.29 is 4.79 Å². The molecular formula is C10H17N5O. The predicted octanol–water partition coefficient (Wildman–Crippen LogP) is -0.0821. The van der Waals surface area contributed by atoms with Crippen LogP contribution in [-0.4, -0.2) is 34.7 Å². The van der Waals surface area contributed by atoms with Gasteiger partial charge in [0.25, 0.3) is 0 Å². The highest BCUT2D eigenvalue weighted by atomic mass is 16.1. The van der Waals surface area contributed by atoms with Gasteiger partial charge < -0.3 is 10.6 Å². The molecule has 0 fully saturated rings. The van der Waals surface area contributed by atoms with Crippen LogP contribution in [0.15, 0.2) is 0 Å². The van der Waals surface area contributed by atoms with Crippen LogP contribution in [0.5, 0.6) is 0 Å². The van der Waals surface area contributed by atoms with E-state index < -0.39 is 5.91 Å². The molecule has 0 saturated carbocycles. The first-order valence-electron chi connectivity index (χ1n) is 5.30. The van der Waals surface area contributed by atoms with Crippen molar-refractivity contribution in [3.05, 3.63) is 11.4 Å². The summed E-state index contributed by atoms with van der Waals surface area (Å²) < 4.78 is 0. The van der Waals surface area contributed by atoms with Gasteiger partial charge in [0, 0.05) is 7.05 Å². The molecule has 1 aromatic heterocycles. The minimum Gasteiger partial charge on any atom is -0.368 e. The van der Waals surface area contributed by atoms with E-state index in [0.29, 0.717) is 5.95 Å². The van der Waals surface area contributed by atoms with Crippen LogP contribution in [0, 0.1) is 0 Å². The lowest BCUT2D eigenvalue weighted by molar-refractivity contribution is -0.116. The Morgan fingerprint density at radius 2 is 1.88 bits per heavy atom. The number of carbonyl (C=O) groups excluding carboxylic acids is 1. The Morgan fingerprint density at radius 1 is 1.25 bits per heavy atom. The Balaban J connectivity index is 2.93. The number of likely N-dealkylation sites (N-methyl/N-ethyl adjacent to an activating group) is 1. The second-order valence-electron chi connectivity index (χ2n) is 3.53. The number of hydrogen-bond donors (Lipinski definition) is 1. The summed E-state index contributed by atoms with van der Waals surface area (Å²) in [6, 6.07) is 0. The summed E-state index contributed by atoms with van der Waals surface area (Å²) in [7, 11) is 1.72. The zero-order valence-electron chi connectivity index (χ0n) is 9.90. The van der Waals surface area contributed by atoms with E-state index in [0.717, 1.165) is 24.2 Å². The van der Waals surface area contributed by atoms with E-state index in [1.165, 1.54) is 0 Å². The SMILES string of the molecule is CCc1nnc(N(C)CC(N)=O)nc1CC. The summed E-state index contributed by atoms with van der Waals surface area (Å²) >= 11 is 0. The molecule has 16 heavy (non-hydrogen) atoms. The van der Waals surface area contributed by atoms with Crippen molar-refractivity contribution in [3.8, 4) is 0 Å². The number of aryl methyl sites for hydroxylation is 2. The van der Waals surface area contributed by atoms with E-state index in [1.54, 1.807) is 11.9 Å². The fourth-order valence-corrected chi connectivity index (χ4v) is 1.39. The summed E-state index contributed by atoms with van der Waals surface area (Å²) in [5.41, 5.74) is 6.92. The van der Waals surface area contributed by atoms with Gasteiger partial charge >= 0.3 is 0 Å². The molecule has 1 amide bonds. The van der Waals surface area contributed by atoms with Gasteiger partial charge in [-0.25, -0.2) is 4.98 Å². The van der Waals surface area contributed by atoms with E-state index in [1.807, 2.05) is 13.8 Å². The minimum absolute atomic E-state index is 0.0936. The molecule has 1 rings (SSSR count). The zero-order chi connectivity index (χ0) is 12.1. The van der Waals surface area contributed by atoms with Crippen LogP contribution in [0.2, 0.25) is 0 Å². The number of nitrogens with zero attached hydrogens (tertiary/aromatic N) is 4. The Labute approximate surface area is 94.9 Å². The van der Waals surface area contributed by atoms with Gasteiger partial charge in [0.15, 0.2) is 0 Å². The van der Waals surface area contributed by atoms with Gasteiger partial charge in [-0.3, -0.25) is 4.79 Å². The molecule has 1 heterocycles. The molecule has 0 unspecified atom stereocenters. The first kappa shape index (κ1) is 12.4. The maximum Gasteiger partial charge on any atom is 0.245 e. The summed E-state index contributed by atoms with van der Waals surface area (Å²) in [6.45, 7) is 4.12. The summed E-state index contributed by atoms with van der Waals surface area (Å²) in [4.78, 5) is 16.7.